The van der Waals surface area contributed by atoms with Crippen molar-refractivity contribution in [2.45, 2.75) is 6.42 Å². The van der Waals surface area contributed by atoms with Crippen LogP contribution in [-0.2, 0) is 6.42 Å². The van der Waals surface area contributed by atoms with Crippen LogP contribution in [0.4, 0.5) is 0 Å². The van der Waals surface area contributed by atoms with Crippen molar-refractivity contribution in [3.05, 3.63) is 29.3 Å². The first-order chi connectivity index (χ1) is 7.72. The number of rotatable bonds is 3. The van der Waals surface area contributed by atoms with Crippen LogP contribution in [0.3, 0.4) is 0 Å². The SMILES string of the molecule is CNCC1COc2cccc(C(=O)O)c2C1. The third-order valence-corrected chi connectivity index (χ3v) is 2.82. The molecule has 1 aliphatic heterocycles. The minimum Gasteiger partial charge on any atom is -0.493 e. The summed E-state index contributed by atoms with van der Waals surface area (Å²) >= 11 is 0. The number of benzene rings is 1. The molecular weight excluding hydrogens is 206 g/mol. The summed E-state index contributed by atoms with van der Waals surface area (Å²) in [5, 5.41) is 12.2. The molecule has 0 fully saturated rings. The number of hydrogen-bond acceptors (Lipinski definition) is 3. The number of fused-ring (bicyclic) bond motifs is 1. The van der Waals surface area contributed by atoms with E-state index in [9.17, 15) is 4.79 Å². The average molecular weight is 221 g/mol. The summed E-state index contributed by atoms with van der Waals surface area (Å²) in [6, 6.07) is 5.18. The van der Waals surface area contributed by atoms with Crippen LogP contribution in [0.15, 0.2) is 18.2 Å². The Morgan fingerprint density at radius 1 is 1.62 bits per heavy atom. The van der Waals surface area contributed by atoms with Crippen molar-refractivity contribution in [2.24, 2.45) is 5.92 Å². The third-order valence-electron chi connectivity index (χ3n) is 2.82. The summed E-state index contributed by atoms with van der Waals surface area (Å²) in [5.41, 5.74) is 1.18. The molecule has 16 heavy (non-hydrogen) atoms. The minimum atomic E-state index is -0.884. The highest BCUT2D eigenvalue weighted by Gasteiger charge is 2.23. The molecule has 0 radical (unpaired) electrons. The van der Waals surface area contributed by atoms with E-state index >= 15 is 0 Å². The van der Waals surface area contributed by atoms with Crippen molar-refractivity contribution in [1.82, 2.24) is 5.32 Å². The number of nitrogens with one attached hydrogen (secondary N) is 1. The van der Waals surface area contributed by atoms with E-state index in [-0.39, 0.29) is 0 Å². The summed E-state index contributed by atoms with van der Waals surface area (Å²) in [4.78, 5) is 11.1. The Morgan fingerprint density at radius 3 is 3.12 bits per heavy atom. The van der Waals surface area contributed by atoms with Crippen molar-refractivity contribution >= 4 is 5.97 Å². The summed E-state index contributed by atoms with van der Waals surface area (Å²) in [6.45, 7) is 1.49. The number of carbonyl (C=O) groups is 1. The zero-order valence-corrected chi connectivity index (χ0v) is 9.19. The predicted molar refractivity (Wildman–Crippen MR) is 60.0 cm³/mol. The highest BCUT2D eigenvalue weighted by Crippen LogP contribution is 2.29. The lowest BCUT2D eigenvalue weighted by atomic mass is 9.93. The molecule has 0 saturated carbocycles. The van der Waals surface area contributed by atoms with Gasteiger partial charge in [-0.2, -0.15) is 0 Å². The average Bonchev–Trinajstić information content (AvgIpc) is 2.28. The lowest BCUT2D eigenvalue weighted by Gasteiger charge is -2.26. The van der Waals surface area contributed by atoms with Gasteiger partial charge in [0.05, 0.1) is 12.2 Å². The van der Waals surface area contributed by atoms with Crippen LogP contribution < -0.4 is 10.1 Å². The smallest absolute Gasteiger partial charge is 0.336 e. The maximum atomic E-state index is 11.1. The molecule has 0 aliphatic carbocycles. The first-order valence-electron chi connectivity index (χ1n) is 5.35. The van der Waals surface area contributed by atoms with Gasteiger partial charge in [-0.15, -0.1) is 0 Å². The van der Waals surface area contributed by atoms with E-state index in [1.165, 1.54) is 0 Å². The second-order valence-corrected chi connectivity index (χ2v) is 4.03. The van der Waals surface area contributed by atoms with Gasteiger partial charge in [-0.3, -0.25) is 0 Å². The fraction of sp³-hybridized carbons (Fsp3) is 0.417. The van der Waals surface area contributed by atoms with Crippen LogP contribution in [0.1, 0.15) is 15.9 Å². The molecule has 86 valence electrons. The van der Waals surface area contributed by atoms with E-state index in [0.717, 1.165) is 18.5 Å². The van der Waals surface area contributed by atoms with Gasteiger partial charge in [-0.1, -0.05) is 6.07 Å². The maximum absolute atomic E-state index is 11.1. The highest BCUT2D eigenvalue weighted by atomic mass is 16.5. The summed E-state index contributed by atoms with van der Waals surface area (Å²) in [6.07, 6.45) is 0.763. The van der Waals surface area contributed by atoms with Gasteiger partial charge in [-0.25, -0.2) is 4.79 Å². The first kappa shape index (κ1) is 11.0. The Balaban J connectivity index is 2.30. The number of ether oxygens (including phenoxy) is 1. The standard InChI is InChI=1S/C12H15NO3/c1-13-6-8-5-10-9(12(14)15)3-2-4-11(10)16-7-8/h2-4,8,13H,5-7H2,1H3,(H,14,15). The Kier molecular flexibility index (Phi) is 3.10. The van der Waals surface area contributed by atoms with Crippen LogP contribution >= 0.6 is 0 Å². The van der Waals surface area contributed by atoms with E-state index in [0.29, 0.717) is 23.8 Å². The number of hydrogen-bond donors (Lipinski definition) is 2. The van der Waals surface area contributed by atoms with E-state index in [2.05, 4.69) is 5.32 Å². The van der Waals surface area contributed by atoms with Gasteiger partial charge in [0.15, 0.2) is 0 Å². The van der Waals surface area contributed by atoms with Crippen molar-refractivity contribution in [3.8, 4) is 5.75 Å². The Morgan fingerprint density at radius 2 is 2.44 bits per heavy atom. The van der Waals surface area contributed by atoms with Crippen LogP contribution in [0.5, 0.6) is 5.75 Å². The summed E-state index contributed by atoms with van der Waals surface area (Å²) < 4.78 is 5.58. The molecule has 1 aromatic carbocycles. The molecule has 1 aromatic rings. The Bertz CT molecular complexity index is 403. The third kappa shape index (κ3) is 2.02. The quantitative estimate of drug-likeness (QED) is 0.804. The van der Waals surface area contributed by atoms with Crippen molar-refractivity contribution in [2.75, 3.05) is 20.2 Å². The van der Waals surface area contributed by atoms with Crippen LogP contribution in [0, 0.1) is 5.92 Å². The topological polar surface area (TPSA) is 58.6 Å². The second kappa shape index (κ2) is 4.53. The molecule has 0 saturated heterocycles. The fourth-order valence-electron chi connectivity index (χ4n) is 2.09. The molecule has 4 nitrogen and oxygen atoms in total. The largest absolute Gasteiger partial charge is 0.493 e. The molecule has 1 heterocycles. The molecule has 2 rings (SSSR count). The predicted octanol–water partition coefficient (Wildman–Crippen LogP) is 1.16. The van der Waals surface area contributed by atoms with Gasteiger partial charge in [0.1, 0.15) is 5.75 Å². The molecule has 0 spiro atoms. The molecule has 1 unspecified atom stereocenters. The number of carboxylic acid groups (broad SMARTS) is 1. The van der Waals surface area contributed by atoms with E-state index in [1.807, 2.05) is 13.1 Å². The van der Waals surface area contributed by atoms with Crippen molar-refractivity contribution in [3.63, 3.8) is 0 Å². The molecule has 0 amide bonds. The van der Waals surface area contributed by atoms with E-state index in [1.54, 1.807) is 12.1 Å². The van der Waals surface area contributed by atoms with Gasteiger partial charge < -0.3 is 15.2 Å². The first-order valence-corrected chi connectivity index (χ1v) is 5.35. The molecule has 0 bridgehead atoms. The summed E-state index contributed by atoms with van der Waals surface area (Å²) in [7, 11) is 1.89. The number of aromatic carboxylic acids is 1. The van der Waals surface area contributed by atoms with E-state index in [4.69, 9.17) is 9.84 Å². The van der Waals surface area contributed by atoms with Gasteiger partial charge in [-0.05, 0) is 25.6 Å². The lowest BCUT2D eigenvalue weighted by molar-refractivity contribution is 0.0693. The molecular formula is C12H15NO3. The van der Waals surface area contributed by atoms with E-state index < -0.39 is 5.97 Å². The van der Waals surface area contributed by atoms with Crippen LogP contribution in [0.25, 0.3) is 0 Å². The zero-order chi connectivity index (χ0) is 11.5. The zero-order valence-electron chi connectivity index (χ0n) is 9.19. The molecule has 1 aliphatic rings. The molecule has 2 N–H and O–H groups in total. The van der Waals surface area contributed by atoms with Gasteiger partial charge in [0, 0.05) is 18.0 Å². The maximum Gasteiger partial charge on any atom is 0.336 e. The lowest BCUT2D eigenvalue weighted by Crippen LogP contribution is -2.30. The highest BCUT2D eigenvalue weighted by molar-refractivity contribution is 5.90. The molecule has 0 aromatic heterocycles. The minimum absolute atomic E-state index is 0.345. The second-order valence-electron chi connectivity index (χ2n) is 4.03. The Labute approximate surface area is 94.2 Å². The van der Waals surface area contributed by atoms with Crippen LogP contribution in [0.2, 0.25) is 0 Å². The molecule has 1 atom stereocenters. The number of carboxylic acids is 1. The van der Waals surface area contributed by atoms with Gasteiger partial charge >= 0.3 is 5.97 Å². The van der Waals surface area contributed by atoms with Crippen molar-refractivity contribution < 1.29 is 14.6 Å². The van der Waals surface area contributed by atoms with Gasteiger partial charge in [0.25, 0.3) is 0 Å². The fourth-order valence-corrected chi connectivity index (χ4v) is 2.09. The van der Waals surface area contributed by atoms with Crippen molar-refractivity contribution in [1.29, 1.82) is 0 Å². The van der Waals surface area contributed by atoms with Gasteiger partial charge in [0.2, 0.25) is 0 Å². The van der Waals surface area contributed by atoms with Crippen LogP contribution in [-0.4, -0.2) is 31.3 Å². The molecule has 4 heteroatoms. The Hall–Kier alpha value is -1.55. The normalized spacial score (nSPS) is 18.7. The monoisotopic (exact) mass is 221 g/mol. The summed E-state index contributed by atoms with van der Waals surface area (Å²) in [5.74, 6) is 0.177.